The van der Waals surface area contributed by atoms with Crippen molar-refractivity contribution in [2.24, 2.45) is 0 Å². The van der Waals surface area contributed by atoms with Crippen LogP contribution in [0.15, 0.2) is 24.3 Å². The first-order chi connectivity index (χ1) is 6.12. The van der Waals surface area contributed by atoms with Crippen LogP contribution in [-0.4, -0.2) is 16.5 Å². The van der Waals surface area contributed by atoms with Crippen molar-refractivity contribution >= 4 is 5.78 Å². The molecule has 0 bridgehead atoms. The zero-order valence-electron chi connectivity index (χ0n) is 8.05. The van der Waals surface area contributed by atoms with Crippen LogP contribution in [0.3, 0.4) is 0 Å². The van der Waals surface area contributed by atoms with E-state index < -0.39 is 5.60 Å². The van der Waals surface area contributed by atoms with Gasteiger partial charge in [-0.3, -0.25) is 4.79 Å². The fourth-order valence-electron chi connectivity index (χ4n) is 1.53. The molecule has 1 aliphatic carbocycles. The lowest BCUT2D eigenvalue weighted by molar-refractivity contribution is -0.126. The van der Waals surface area contributed by atoms with Gasteiger partial charge >= 0.3 is 0 Å². The number of ketones is 1. The standard InChI is InChI=1S/C11H16O2/c1-3-5-6-9-7-10(12)11(13,4-2)8-9/h4,7,13H,2-3,5-6,8H2,1H3. The zero-order valence-corrected chi connectivity index (χ0v) is 8.05. The first-order valence-electron chi connectivity index (χ1n) is 4.72. The summed E-state index contributed by atoms with van der Waals surface area (Å²) in [6, 6.07) is 0. The number of carbonyl (C=O) groups excluding carboxylic acids is 1. The fourth-order valence-corrected chi connectivity index (χ4v) is 1.53. The van der Waals surface area contributed by atoms with E-state index in [1.807, 2.05) is 0 Å². The highest BCUT2D eigenvalue weighted by Crippen LogP contribution is 2.29. The Balaban J connectivity index is 2.60. The first kappa shape index (κ1) is 10.2. The Labute approximate surface area is 79.0 Å². The lowest BCUT2D eigenvalue weighted by Gasteiger charge is -2.15. The van der Waals surface area contributed by atoms with E-state index in [0.29, 0.717) is 6.42 Å². The molecule has 0 heterocycles. The van der Waals surface area contributed by atoms with Crippen molar-refractivity contribution in [2.45, 2.75) is 38.2 Å². The highest BCUT2D eigenvalue weighted by molar-refractivity contribution is 6.01. The molecule has 72 valence electrons. The predicted molar refractivity (Wildman–Crippen MR) is 52.4 cm³/mol. The Morgan fingerprint density at radius 2 is 2.46 bits per heavy atom. The van der Waals surface area contributed by atoms with Gasteiger partial charge in [0.2, 0.25) is 0 Å². The Morgan fingerprint density at radius 1 is 1.77 bits per heavy atom. The molecule has 0 aromatic heterocycles. The van der Waals surface area contributed by atoms with Gasteiger partial charge in [0, 0.05) is 6.42 Å². The van der Waals surface area contributed by atoms with E-state index in [2.05, 4.69) is 13.5 Å². The number of hydrogen-bond donors (Lipinski definition) is 1. The zero-order chi connectivity index (χ0) is 9.90. The van der Waals surface area contributed by atoms with Crippen LogP contribution in [0, 0.1) is 0 Å². The molecule has 1 aliphatic rings. The second kappa shape index (κ2) is 3.88. The van der Waals surface area contributed by atoms with Crippen molar-refractivity contribution in [3.8, 4) is 0 Å². The molecule has 0 amide bonds. The van der Waals surface area contributed by atoms with Crippen molar-refractivity contribution in [1.82, 2.24) is 0 Å². The summed E-state index contributed by atoms with van der Waals surface area (Å²) in [5.41, 5.74) is -0.252. The monoisotopic (exact) mass is 180 g/mol. The van der Waals surface area contributed by atoms with Crippen LogP contribution >= 0.6 is 0 Å². The average molecular weight is 180 g/mol. The predicted octanol–water partition coefficient (Wildman–Crippen LogP) is 1.99. The van der Waals surface area contributed by atoms with Crippen LogP contribution in [0.5, 0.6) is 0 Å². The molecule has 2 heteroatoms. The number of aliphatic hydroxyl groups is 1. The van der Waals surface area contributed by atoms with Gasteiger partial charge < -0.3 is 5.11 Å². The third-order valence-electron chi connectivity index (χ3n) is 2.45. The van der Waals surface area contributed by atoms with Crippen molar-refractivity contribution in [3.05, 3.63) is 24.3 Å². The fraction of sp³-hybridized carbons (Fsp3) is 0.545. The van der Waals surface area contributed by atoms with Crippen LogP contribution in [0.2, 0.25) is 0 Å². The minimum Gasteiger partial charge on any atom is -0.377 e. The topological polar surface area (TPSA) is 37.3 Å². The Kier molecular flexibility index (Phi) is 3.04. The molecule has 0 aromatic rings. The van der Waals surface area contributed by atoms with Crippen LogP contribution in [0.4, 0.5) is 0 Å². The first-order valence-corrected chi connectivity index (χ1v) is 4.72. The molecule has 1 unspecified atom stereocenters. The summed E-state index contributed by atoms with van der Waals surface area (Å²) in [6.45, 7) is 5.58. The van der Waals surface area contributed by atoms with Crippen LogP contribution in [0.25, 0.3) is 0 Å². The normalized spacial score (nSPS) is 27.5. The second-order valence-electron chi connectivity index (χ2n) is 3.58. The molecule has 0 radical (unpaired) electrons. The highest BCUT2D eigenvalue weighted by Gasteiger charge is 2.36. The van der Waals surface area contributed by atoms with E-state index in [9.17, 15) is 9.90 Å². The molecule has 0 aliphatic heterocycles. The third kappa shape index (κ3) is 2.07. The van der Waals surface area contributed by atoms with Crippen LogP contribution in [0.1, 0.15) is 32.6 Å². The summed E-state index contributed by atoms with van der Waals surface area (Å²) in [5.74, 6) is -0.214. The Bertz CT molecular complexity index is 253. The summed E-state index contributed by atoms with van der Waals surface area (Å²) in [6.07, 6.45) is 6.44. The van der Waals surface area contributed by atoms with E-state index in [1.54, 1.807) is 6.08 Å². The maximum absolute atomic E-state index is 11.3. The van der Waals surface area contributed by atoms with Gasteiger partial charge in [-0.05, 0) is 18.9 Å². The van der Waals surface area contributed by atoms with Gasteiger partial charge in [-0.1, -0.05) is 31.6 Å². The minimum absolute atomic E-state index is 0.214. The summed E-state index contributed by atoms with van der Waals surface area (Å²) in [5, 5.41) is 9.72. The number of rotatable bonds is 4. The summed E-state index contributed by atoms with van der Waals surface area (Å²) < 4.78 is 0. The molecule has 1 rings (SSSR count). The quantitative estimate of drug-likeness (QED) is 0.672. The number of hydrogen-bond acceptors (Lipinski definition) is 2. The van der Waals surface area contributed by atoms with Gasteiger partial charge in [0.15, 0.2) is 5.78 Å². The average Bonchev–Trinajstić information content (AvgIpc) is 2.40. The molecular formula is C11H16O2. The molecule has 1 atom stereocenters. The highest BCUT2D eigenvalue weighted by atomic mass is 16.3. The molecule has 2 nitrogen and oxygen atoms in total. The molecule has 13 heavy (non-hydrogen) atoms. The molecule has 0 spiro atoms. The van der Waals surface area contributed by atoms with Gasteiger partial charge in [0.25, 0.3) is 0 Å². The lowest BCUT2D eigenvalue weighted by atomic mass is 9.97. The smallest absolute Gasteiger partial charge is 0.191 e. The van der Waals surface area contributed by atoms with Gasteiger partial charge in [-0.15, -0.1) is 0 Å². The van der Waals surface area contributed by atoms with Crippen LogP contribution in [-0.2, 0) is 4.79 Å². The van der Waals surface area contributed by atoms with Gasteiger partial charge in [0.1, 0.15) is 5.60 Å². The minimum atomic E-state index is -1.30. The number of unbranched alkanes of at least 4 members (excludes halogenated alkanes) is 1. The van der Waals surface area contributed by atoms with Gasteiger partial charge in [-0.2, -0.15) is 0 Å². The van der Waals surface area contributed by atoms with Crippen molar-refractivity contribution in [1.29, 1.82) is 0 Å². The molecule has 1 N–H and O–H groups in total. The molecule has 0 fully saturated rings. The van der Waals surface area contributed by atoms with Crippen LogP contribution < -0.4 is 0 Å². The number of carbonyl (C=O) groups is 1. The molecule has 0 aromatic carbocycles. The third-order valence-corrected chi connectivity index (χ3v) is 2.45. The largest absolute Gasteiger partial charge is 0.377 e. The maximum atomic E-state index is 11.3. The van der Waals surface area contributed by atoms with Crippen molar-refractivity contribution < 1.29 is 9.90 Å². The van der Waals surface area contributed by atoms with E-state index in [0.717, 1.165) is 24.8 Å². The lowest BCUT2D eigenvalue weighted by Crippen LogP contribution is -2.30. The Morgan fingerprint density at radius 3 is 2.92 bits per heavy atom. The summed E-state index contributed by atoms with van der Waals surface area (Å²) in [4.78, 5) is 11.3. The van der Waals surface area contributed by atoms with Gasteiger partial charge in [-0.25, -0.2) is 0 Å². The Hall–Kier alpha value is -0.890. The van der Waals surface area contributed by atoms with Crippen molar-refractivity contribution in [2.75, 3.05) is 0 Å². The van der Waals surface area contributed by atoms with E-state index in [-0.39, 0.29) is 5.78 Å². The van der Waals surface area contributed by atoms with E-state index >= 15 is 0 Å². The van der Waals surface area contributed by atoms with Gasteiger partial charge in [0.05, 0.1) is 0 Å². The molecule has 0 saturated heterocycles. The van der Waals surface area contributed by atoms with Crippen molar-refractivity contribution in [3.63, 3.8) is 0 Å². The maximum Gasteiger partial charge on any atom is 0.191 e. The SMILES string of the molecule is C=CC1(O)CC(CCCC)=CC1=O. The second-order valence-corrected chi connectivity index (χ2v) is 3.58. The molecule has 0 saturated carbocycles. The summed E-state index contributed by atoms with van der Waals surface area (Å²) >= 11 is 0. The summed E-state index contributed by atoms with van der Waals surface area (Å²) in [7, 11) is 0. The molecular weight excluding hydrogens is 164 g/mol. The van der Waals surface area contributed by atoms with E-state index in [4.69, 9.17) is 0 Å². The van der Waals surface area contributed by atoms with E-state index in [1.165, 1.54) is 6.08 Å².